The number of hydrogen-bond donors (Lipinski definition) is 1. The molecule has 1 atom stereocenters. The standard InChI is InChI=1S/C11H14N4S/c1-3-15-8-10(7-14-15)6-13-9(2)11-12-4-5-16-11/h3-5,7-9,13H,1,6H2,2H3. The molecule has 0 aliphatic carbocycles. The number of nitrogens with one attached hydrogen (secondary N) is 1. The van der Waals surface area contributed by atoms with Crippen LogP contribution in [0.4, 0.5) is 0 Å². The van der Waals surface area contributed by atoms with Crippen molar-refractivity contribution in [1.82, 2.24) is 20.1 Å². The minimum atomic E-state index is 0.270. The fourth-order valence-electron chi connectivity index (χ4n) is 1.38. The fourth-order valence-corrected chi connectivity index (χ4v) is 2.05. The number of rotatable bonds is 5. The highest BCUT2D eigenvalue weighted by atomic mass is 32.1. The van der Waals surface area contributed by atoms with E-state index in [-0.39, 0.29) is 6.04 Å². The van der Waals surface area contributed by atoms with Crippen LogP contribution in [0, 0.1) is 0 Å². The van der Waals surface area contributed by atoms with Gasteiger partial charge in [-0.2, -0.15) is 5.10 Å². The summed E-state index contributed by atoms with van der Waals surface area (Å²) in [5.41, 5.74) is 1.14. The van der Waals surface area contributed by atoms with Gasteiger partial charge in [-0.25, -0.2) is 9.67 Å². The molecular weight excluding hydrogens is 220 g/mol. The van der Waals surface area contributed by atoms with Crippen molar-refractivity contribution in [3.8, 4) is 0 Å². The van der Waals surface area contributed by atoms with E-state index >= 15 is 0 Å². The second-order valence-corrected chi connectivity index (χ2v) is 4.41. The lowest BCUT2D eigenvalue weighted by Crippen LogP contribution is -2.17. The monoisotopic (exact) mass is 234 g/mol. The van der Waals surface area contributed by atoms with E-state index in [0.717, 1.165) is 17.1 Å². The molecule has 0 saturated carbocycles. The Kier molecular flexibility index (Phi) is 3.48. The molecule has 0 aliphatic rings. The molecule has 2 aromatic rings. The van der Waals surface area contributed by atoms with E-state index in [0.29, 0.717) is 0 Å². The van der Waals surface area contributed by atoms with E-state index < -0.39 is 0 Å². The lowest BCUT2D eigenvalue weighted by molar-refractivity contribution is 0.572. The van der Waals surface area contributed by atoms with Crippen molar-refractivity contribution in [3.63, 3.8) is 0 Å². The van der Waals surface area contributed by atoms with Crippen molar-refractivity contribution in [2.45, 2.75) is 19.5 Å². The third-order valence-electron chi connectivity index (χ3n) is 2.28. The maximum atomic E-state index is 4.27. The quantitative estimate of drug-likeness (QED) is 0.863. The van der Waals surface area contributed by atoms with Gasteiger partial charge in [-0.3, -0.25) is 0 Å². The molecule has 2 aromatic heterocycles. The van der Waals surface area contributed by atoms with Crippen LogP contribution in [0.2, 0.25) is 0 Å². The minimum Gasteiger partial charge on any atom is -0.304 e. The summed E-state index contributed by atoms with van der Waals surface area (Å²) in [5.74, 6) is 0. The zero-order valence-electron chi connectivity index (χ0n) is 9.13. The first-order valence-electron chi connectivity index (χ1n) is 5.08. The second kappa shape index (κ2) is 5.05. The van der Waals surface area contributed by atoms with Gasteiger partial charge in [0.2, 0.25) is 0 Å². The smallest absolute Gasteiger partial charge is 0.109 e. The van der Waals surface area contributed by atoms with E-state index in [1.54, 1.807) is 22.2 Å². The van der Waals surface area contributed by atoms with E-state index in [2.05, 4.69) is 28.9 Å². The lowest BCUT2D eigenvalue weighted by atomic mass is 10.3. The number of nitrogens with zero attached hydrogens (tertiary/aromatic N) is 3. The van der Waals surface area contributed by atoms with Gasteiger partial charge in [0.1, 0.15) is 5.01 Å². The predicted molar refractivity (Wildman–Crippen MR) is 66.0 cm³/mol. The summed E-state index contributed by atoms with van der Waals surface area (Å²) in [4.78, 5) is 4.27. The van der Waals surface area contributed by atoms with Crippen molar-refractivity contribution >= 4 is 17.5 Å². The first kappa shape index (κ1) is 11.0. The lowest BCUT2D eigenvalue weighted by Gasteiger charge is -2.09. The van der Waals surface area contributed by atoms with Gasteiger partial charge in [-0.05, 0) is 6.92 Å². The third-order valence-corrected chi connectivity index (χ3v) is 3.23. The molecular formula is C11H14N4S. The maximum absolute atomic E-state index is 4.27. The maximum Gasteiger partial charge on any atom is 0.109 e. The van der Waals surface area contributed by atoms with Crippen LogP contribution in [-0.2, 0) is 6.54 Å². The normalized spacial score (nSPS) is 12.6. The molecule has 5 heteroatoms. The molecule has 1 N–H and O–H groups in total. The number of thiazole rings is 1. The Bertz CT molecular complexity index is 446. The summed E-state index contributed by atoms with van der Waals surface area (Å²) in [6.45, 7) is 6.55. The largest absolute Gasteiger partial charge is 0.304 e. The Balaban J connectivity index is 1.89. The molecule has 0 aromatic carbocycles. The Labute approximate surface area is 98.6 Å². The minimum absolute atomic E-state index is 0.270. The highest BCUT2D eigenvalue weighted by Crippen LogP contribution is 2.15. The van der Waals surface area contributed by atoms with E-state index in [4.69, 9.17) is 0 Å². The molecule has 84 valence electrons. The Hall–Kier alpha value is -1.46. The average Bonchev–Trinajstić information content (AvgIpc) is 2.96. The Morgan fingerprint density at radius 2 is 2.56 bits per heavy atom. The molecule has 0 saturated heterocycles. The third kappa shape index (κ3) is 2.56. The van der Waals surface area contributed by atoms with Crippen LogP contribution in [0.5, 0.6) is 0 Å². The first-order valence-corrected chi connectivity index (χ1v) is 5.96. The molecule has 0 spiro atoms. The summed E-state index contributed by atoms with van der Waals surface area (Å²) in [7, 11) is 0. The summed E-state index contributed by atoms with van der Waals surface area (Å²) in [5, 5.41) is 10.6. The van der Waals surface area contributed by atoms with Gasteiger partial charge in [0.25, 0.3) is 0 Å². The van der Waals surface area contributed by atoms with Crippen molar-refractivity contribution in [2.75, 3.05) is 0 Å². The summed E-state index contributed by atoms with van der Waals surface area (Å²) in [6.07, 6.45) is 7.29. The predicted octanol–water partition coefficient (Wildman–Crippen LogP) is 2.29. The molecule has 16 heavy (non-hydrogen) atoms. The van der Waals surface area contributed by atoms with Gasteiger partial charge in [-0.15, -0.1) is 11.3 Å². The SMILES string of the molecule is C=Cn1cc(CNC(C)c2nccs2)cn1. The average molecular weight is 234 g/mol. The summed E-state index contributed by atoms with van der Waals surface area (Å²) < 4.78 is 1.70. The number of aromatic nitrogens is 3. The van der Waals surface area contributed by atoms with Crippen LogP contribution in [0.25, 0.3) is 6.20 Å². The molecule has 0 amide bonds. The van der Waals surface area contributed by atoms with Crippen LogP contribution in [0.3, 0.4) is 0 Å². The van der Waals surface area contributed by atoms with E-state index in [1.807, 2.05) is 24.0 Å². The van der Waals surface area contributed by atoms with Gasteiger partial charge < -0.3 is 5.32 Å². The Morgan fingerprint density at radius 3 is 3.19 bits per heavy atom. The van der Waals surface area contributed by atoms with Gasteiger partial charge in [-0.1, -0.05) is 6.58 Å². The van der Waals surface area contributed by atoms with Crippen molar-refractivity contribution < 1.29 is 0 Å². The molecule has 4 nitrogen and oxygen atoms in total. The Morgan fingerprint density at radius 1 is 1.69 bits per heavy atom. The van der Waals surface area contributed by atoms with E-state index in [9.17, 15) is 0 Å². The highest BCUT2D eigenvalue weighted by molar-refractivity contribution is 7.09. The fraction of sp³-hybridized carbons (Fsp3) is 0.273. The summed E-state index contributed by atoms with van der Waals surface area (Å²) in [6, 6.07) is 0.270. The van der Waals surface area contributed by atoms with Gasteiger partial charge >= 0.3 is 0 Å². The van der Waals surface area contributed by atoms with Gasteiger partial charge in [0, 0.05) is 36.1 Å². The topological polar surface area (TPSA) is 42.7 Å². The zero-order chi connectivity index (χ0) is 11.4. The van der Waals surface area contributed by atoms with Crippen molar-refractivity contribution in [3.05, 3.63) is 41.1 Å². The number of hydrogen-bond acceptors (Lipinski definition) is 4. The van der Waals surface area contributed by atoms with Crippen LogP contribution in [0.15, 0.2) is 30.5 Å². The first-order chi connectivity index (χ1) is 7.79. The molecule has 0 aliphatic heterocycles. The van der Waals surface area contributed by atoms with Crippen molar-refractivity contribution in [2.24, 2.45) is 0 Å². The van der Waals surface area contributed by atoms with Crippen LogP contribution in [-0.4, -0.2) is 14.8 Å². The van der Waals surface area contributed by atoms with Crippen LogP contribution >= 0.6 is 11.3 Å². The van der Waals surface area contributed by atoms with E-state index in [1.165, 1.54) is 0 Å². The summed E-state index contributed by atoms with van der Waals surface area (Å²) >= 11 is 1.67. The molecule has 2 heterocycles. The molecule has 0 radical (unpaired) electrons. The van der Waals surface area contributed by atoms with Crippen LogP contribution < -0.4 is 5.32 Å². The zero-order valence-corrected chi connectivity index (χ0v) is 9.94. The van der Waals surface area contributed by atoms with Gasteiger partial charge in [0.15, 0.2) is 0 Å². The molecule has 1 unspecified atom stereocenters. The second-order valence-electron chi connectivity index (χ2n) is 3.48. The molecule has 2 rings (SSSR count). The van der Waals surface area contributed by atoms with Gasteiger partial charge in [0.05, 0.1) is 12.2 Å². The van der Waals surface area contributed by atoms with Crippen molar-refractivity contribution in [1.29, 1.82) is 0 Å². The van der Waals surface area contributed by atoms with Crippen LogP contribution in [0.1, 0.15) is 23.5 Å². The molecule has 0 fully saturated rings. The highest BCUT2D eigenvalue weighted by Gasteiger charge is 2.07. The molecule has 0 bridgehead atoms.